The number of benzene rings is 1. The van der Waals surface area contributed by atoms with E-state index >= 15 is 0 Å². The van der Waals surface area contributed by atoms with Gasteiger partial charge in [0.05, 0.1) is 11.7 Å². The van der Waals surface area contributed by atoms with Gasteiger partial charge in [-0.1, -0.05) is 57.2 Å². The van der Waals surface area contributed by atoms with Gasteiger partial charge in [-0.05, 0) is 24.6 Å². The van der Waals surface area contributed by atoms with Crippen molar-refractivity contribution in [3.63, 3.8) is 0 Å². The highest BCUT2D eigenvalue weighted by Gasteiger charge is 2.27. The lowest BCUT2D eigenvalue weighted by molar-refractivity contribution is -0.133. The minimum Gasteiger partial charge on any atom is -0.344 e. The van der Waals surface area contributed by atoms with Gasteiger partial charge in [0.25, 0.3) is 0 Å². The lowest BCUT2D eigenvalue weighted by atomic mass is 9.95. The molecule has 1 aromatic carbocycles. The Morgan fingerprint density at radius 1 is 0.960 bits per heavy atom. The summed E-state index contributed by atoms with van der Waals surface area (Å²) in [6.07, 6.45) is 1.70. The molecule has 2 atom stereocenters. The lowest BCUT2D eigenvalue weighted by Gasteiger charge is -2.24. The Balaban J connectivity index is 2.17. The maximum absolute atomic E-state index is 12.6. The fourth-order valence-electron chi connectivity index (χ4n) is 2.27. The first-order chi connectivity index (χ1) is 11.8. The van der Waals surface area contributed by atoms with Gasteiger partial charge in [-0.3, -0.25) is 14.6 Å². The Hall–Kier alpha value is -2.69. The summed E-state index contributed by atoms with van der Waals surface area (Å²) in [5.74, 6) is -0.415. The maximum atomic E-state index is 12.6. The van der Waals surface area contributed by atoms with Gasteiger partial charge in [-0.2, -0.15) is 0 Å². The summed E-state index contributed by atoms with van der Waals surface area (Å²) in [6, 6.07) is 14.2. The molecular formula is C20H25N3O2. The first kappa shape index (κ1) is 18.6. The molecule has 132 valence electrons. The van der Waals surface area contributed by atoms with Gasteiger partial charge in [-0.15, -0.1) is 0 Å². The predicted octanol–water partition coefficient (Wildman–Crippen LogP) is 2.84. The van der Waals surface area contributed by atoms with Crippen LogP contribution in [-0.2, 0) is 9.59 Å². The number of amides is 2. The second-order valence-electron chi connectivity index (χ2n) is 7.05. The minimum atomic E-state index is -0.637. The topological polar surface area (TPSA) is 71.1 Å². The molecule has 0 saturated heterocycles. The van der Waals surface area contributed by atoms with Crippen LogP contribution in [0.4, 0.5) is 0 Å². The molecule has 0 fully saturated rings. The number of nitrogens with zero attached hydrogens (tertiary/aromatic N) is 1. The molecule has 0 aliphatic heterocycles. The van der Waals surface area contributed by atoms with Crippen molar-refractivity contribution in [2.75, 3.05) is 0 Å². The highest BCUT2D eigenvalue weighted by Crippen LogP contribution is 2.20. The Labute approximate surface area is 148 Å². The van der Waals surface area contributed by atoms with Crippen LogP contribution in [0.5, 0.6) is 0 Å². The van der Waals surface area contributed by atoms with Crippen molar-refractivity contribution in [3.8, 4) is 0 Å². The second kappa shape index (κ2) is 7.92. The zero-order chi connectivity index (χ0) is 18.4. The van der Waals surface area contributed by atoms with Crippen LogP contribution in [0.15, 0.2) is 54.7 Å². The van der Waals surface area contributed by atoms with Crippen LogP contribution < -0.4 is 10.6 Å². The number of aromatic nitrogens is 1. The molecule has 1 aromatic heterocycles. The predicted molar refractivity (Wildman–Crippen MR) is 97.7 cm³/mol. The van der Waals surface area contributed by atoms with Gasteiger partial charge in [-0.25, -0.2) is 0 Å². The average molecular weight is 339 g/mol. The molecule has 0 spiro atoms. The highest BCUT2D eigenvalue weighted by atomic mass is 16.2. The molecule has 5 nitrogen and oxygen atoms in total. The third kappa shape index (κ3) is 5.14. The molecule has 0 saturated carbocycles. The van der Waals surface area contributed by atoms with Gasteiger partial charge < -0.3 is 10.6 Å². The van der Waals surface area contributed by atoms with E-state index in [9.17, 15) is 9.59 Å². The lowest BCUT2D eigenvalue weighted by Crippen LogP contribution is -2.49. The van der Waals surface area contributed by atoms with Gasteiger partial charge in [0, 0.05) is 11.6 Å². The van der Waals surface area contributed by atoms with Crippen LogP contribution in [-0.4, -0.2) is 22.8 Å². The van der Waals surface area contributed by atoms with Gasteiger partial charge in [0.1, 0.15) is 6.04 Å². The van der Waals surface area contributed by atoms with Crippen LogP contribution in [0, 0.1) is 5.41 Å². The van der Waals surface area contributed by atoms with Crippen LogP contribution in [0.25, 0.3) is 0 Å². The molecule has 2 N–H and O–H groups in total. The fraction of sp³-hybridized carbons (Fsp3) is 0.350. The summed E-state index contributed by atoms with van der Waals surface area (Å²) < 4.78 is 0. The molecule has 1 heterocycles. The Bertz CT molecular complexity index is 669. The smallest absolute Gasteiger partial charge is 0.243 e. The molecule has 0 bridgehead atoms. The van der Waals surface area contributed by atoms with Crippen LogP contribution >= 0.6 is 0 Å². The summed E-state index contributed by atoms with van der Waals surface area (Å²) in [5.41, 5.74) is 1.13. The van der Waals surface area contributed by atoms with E-state index in [2.05, 4.69) is 15.6 Å². The summed E-state index contributed by atoms with van der Waals surface area (Å²) >= 11 is 0. The van der Waals surface area contributed by atoms with E-state index in [1.54, 1.807) is 13.1 Å². The number of carbonyl (C=O) groups excluding carboxylic acids is 2. The quantitative estimate of drug-likeness (QED) is 0.880. The van der Waals surface area contributed by atoms with E-state index < -0.39 is 11.5 Å². The van der Waals surface area contributed by atoms with Crippen molar-refractivity contribution in [2.45, 2.75) is 39.8 Å². The molecule has 2 rings (SSSR count). The van der Waals surface area contributed by atoms with Crippen molar-refractivity contribution in [1.82, 2.24) is 15.6 Å². The molecule has 5 heteroatoms. The van der Waals surface area contributed by atoms with Gasteiger partial charge in [0.2, 0.25) is 11.8 Å². The van der Waals surface area contributed by atoms with Crippen LogP contribution in [0.3, 0.4) is 0 Å². The maximum Gasteiger partial charge on any atom is 0.243 e. The van der Waals surface area contributed by atoms with E-state index in [4.69, 9.17) is 0 Å². The van der Waals surface area contributed by atoms with Crippen molar-refractivity contribution in [1.29, 1.82) is 0 Å². The molecule has 2 amide bonds. The Morgan fingerprint density at radius 2 is 1.60 bits per heavy atom. The number of pyridine rings is 1. The largest absolute Gasteiger partial charge is 0.344 e. The van der Waals surface area contributed by atoms with E-state index in [0.29, 0.717) is 0 Å². The molecule has 0 radical (unpaired) electrons. The first-order valence-corrected chi connectivity index (χ1v) is 8.36. The van der Waals surface area contributed by atoms with E-state index in [-0.39, 0.29) is 17.9 Å². The van der Waals surface area contributed by atoms with Gasteiger partial charge >= 0.3 is 0 Å². The van der Waals surface area contributed by atoms with Crippen molar-refractivity contribution in [3.05, 3.63) is 66.0 Å². The third-order valence-electron chi connectivity index (χ3n) is 3.83. The van der Waals surface area contributed by atoms with E-state index in [1.165, 1.54) is 0 Å². The molecule has 2 aromatic rings. The van der Waals surface area contributed by atoms with Gasteiger partial charge in [0.15, 0.2) is 0 Å². The van der Waals surface area contributed by atoms with E-state index in [0.717, 1.165) is 11.3 Å². The summed E-state index contributed by atoms with van der Waals surface area (Å²) in [6.45, 7) is 7.12. The van der Waals surface area contributed by atoms with Crippen molar-refractivity contribution < 1.29 is 9.59 Å². The molecule has 25 heavy (non-hydrogen) atoms. The Kier molecular flexibility index (Phi) is 5.91. The fourth-order valence-corrected chi connectivity index (χ4v) is 2.27. The normalized spacial score (nSPS) is 13.6. The second-order valence-corrected chi connectivity index (χ2v) is 7.05. The number of hydrogen-bond donors (Lipinski definition) is 2. The average Bonchev–Trinajstić information content (AvgIpc) is 2.60. The molecule has 2 unspecified atom stereocenters. The van der Waals surface area contributed by atoms with E-state index in [1.807, 2.05) is 69.3 Å². The third-order valence-corrected chi connectivity index (χ3v) is 3.83. The number of rotatable bonds is 5. The van der Waals surface area contributed by atoms with Crippen LogP contribution in [0.1, 0.15) is 45.0 Å². The number of carbonyl (C=O) groups is 2. The SMILES string of the molecule is CC(NC(=O)C(C)(C)C)C(=O)NC(c1ccccc1)c1ccccn1. The van der Waals surface area contributed by atoms with Crippen LogP contribution in [0.2, 0.25) is 0 Å². The summed E-state index contributed by atoms with van der Waals surface area (Å²) in [5, 5.41) is 5.75. The monoisotopic (exact) mass is 339 g/mol. The standard InChI is InChI=1S/C20H25N3O2/c1-14(22-19(25)20(2,3)4)18(24)23-17(15-10-6-5-7-11-15)16-12-8-9-13-21-16/h5-14,17H,1-4H3,(H,22,25)(H,23,24). The Morgan fingerprint density at radius 3 is 2.16 bits per heavy atom. The van der Waals surface area contributed by atoms with Crippen molar-refractivity contribution >= 4 is 11.8 Å². The first-order valence-electron chi connectivity index (χ1n) is 8.36. The zero-order valence-electron chi connectivity index (χ0n) is 15.1. The summed E-state index contributed by atoms with van der Waals surface area (Å²) in [7, 11) is 0. The number of nitrogens with one attached hydrogen (secondary N) is 2. The minimum absolute atomic E-state index is 0.163. The van der Waals surface area contributed by atoms with Crippen molar-refractivity contribution in [2.24, 2.45) is 5.41 Å². The zero-order valence-corrected chi connectivity index (χ0v) is 15.1. The highest BCUT2D eigenvalue weighted by molar-refractivity contribution is 5.89. The summed E-state index contributed by atoms with van der Waals surface area (Å²) in [4.78, 5) is 29.1. The molecule has 0 aliphatic rings. The molecular weight excluding hydrogens is 314 g/mol. The number of hydrogen-bond acceptors (Lipinski definition) is 3. The molecule has 0 aliphatic carbocycles.